The molecule has 0 aliphatic rings. The van der Waals surface area contributed by atoms with Crippen LogP contribution in [0.15, 0.2) is 0 Å². The minimum Gasteiger partial charge on any atom is -0.460 e. The van der Waals surface area contributed by atoms with E-state index in [4.69, 9.17) is 4.74 Å². The van der Waals surface area contributed by atoms with Crippen molar-refractivity contribution in [2.45, 2.75) is 162 Å². The van der Waals surface area contributed by atoms with Gasteiger partial charge >= 0.3 is 5.97 Å². The molecule has 0 radical (unpaired) electrons. The van der Waals surface area contributed by atoms with Crippen LogP contribution < -0.4 is 0 Å². The molecule has 0 rings (SSSR count). The van der Waals surface area contributed by atoms with Gasteiger partial charge in [0.2, 0.25) is 0 Å². The topological polar surface area (TPSA) is 26.3 Å². The Morgan fingerprint density at radius 3 is 1.11 bits per heavy atom. The third kappa shape index (κ3) is 23.5. The van der Waals surface area contributed by atoms with Gasteiger partial charge in [-0.3, -0.25) is 4.79 Å². The highest BCUT2D eigenvalue weighted by atomic mass is 16.6. The third-order valence-electron chi connectivity index (χ3n) is 5.40. The Morgan fingerprint density at radius 1 is 0.536 bits per heavy atom. The highest BCUT2D eigenvalue weighted by molar-refractivity contribution is 5.69. The molecule has 0 saturated carbocycles. The smallest absolute Gasteiger partial charge is 0.306 e. The number of carbonyl (C=O) groups excluding carboxylic acids is 1. The lowest BCUT2D eigenvalue weighted by Crippen LogP contribution is -2.23. The highest BCUT2D eigenvalue weighted by Crippen LogP contribution is 2.15. The molecule has 168 valence electrons. The summed E-state index contributed by atoms with van der Waals surface area (Å²) in [5.74, 6) is -0.0422. The maximum absolute atomic E-state index is 11.6. The van der Waals surface area contributed by atoms with Crippen molar-refractivity contribution in [3.05, 3.63) is 0 Å². The van der Waals surface area contributed by atoms with E-state index in [0.717, 1.165) is 12.8 Å². The highest BCUT2D eigenvalue weighted by Gasteiger charge is 2.15. The molecule has 0 saturated heterocycles. The Bertz CT molecular complexity index is 330. The average Bonchev–Trinajstić information content (AvgIpc) is 2.62. The minimum atomic E-state index is -0.342. The van der Waals surface area contributed by atoms with Crippen LogP contribution in [0, 0.1) is 0 Å². The van der Waals surface area contributed by atoms with Crippen LogP contribution in [0.2, 0.25) is 0 Å². The van der Waals surface area contributed by atoms with Crippen LogP contribution in [-0.2, 0) is 9.53 Å². The van der Waals surface area contributed by atoms with Crippen LogP contribution in [0.25, 0.3) is 0 Å². The van der Waals surface area contributed by atoms with Crippen LogP contribution in [0.3, 0.4) is 0 Å². The van der Waals surface area contributed by atoms with Crippen LogP contribution >= 0.6 is 0 Å². The van der Waals surface area contributed by atoms with E-state index in [1.807, 2.05) is 20.8 Å². The lowest BCUT2D eigenvalue weighted by Gasteiger charge is -2.19. The molecule has 0 amide bonds. The molecule has 0 N–H and O–H groups in total. The summed E-state index contributed by atoms with van der Waals surface area (Å²) in [6, 6.07) is 0. The van der Waals surface area contributed by atoms with Gasteiger partial charge in [0.05, 0.1) is 0 Å². The van der Waals surface area contributed by atoms with Crippen molar-refractivity contribution in [1.82, 2.24) is 0 Å². The van der Waals surface area contributed by atoms with Crippen molar-refractivity contribution in [1.29, 1.82) is 0 Å². The van der Waals surface area contributed by atoms with Crippen molar-refractivity contribution >= 4 is 5.97 Å². The van der Waals surface area contributed by atoms with Crippen LogP contribution in [0.1, 0.15) is 156 Å². The molecule has 0 bridgehead atoms. The number of rotatable bonds is 20. The molecule has 0 heterocycles. The summed E-state index contributed by atoms with van der Waals surface area (Å²) < 4.78 is 5.34. The van der Waals surface area contributed by atoms with Gasteiger partial charge in [-0.15, -0.1) is 0 Å². The molecule has 0 unspecified atom stereocenters. The molecular weight excluding hydrogens is 344 g/mol. The Balaban J connectivity index is 3.11. The molecule has 0 spiro atoms. The summed E-state index contributed by atoms with van der Waals surface area (Å²) in [5, 5.41) is 0. The maximum Gasteiger partial charge on any atom is 0.306 e. The van der Waals surface area contributed by atoms with E-state index in [9.17, 15) is 4.79 Å². The van der Waals surface area contributed by atoms with E-state index in [-0.39, 0.29) is 11.6 Å². The Hall–Kier alpha value is -0.530. The second-order valence-electron chi connectivity index (χ2n) is 9.70. The van der Waals surface area contributed by atoms with Crippen LogP contribution in [0.4, 0.5) is 0 Å². The largest absolute Gasteiger partial charge is 0.460 e. The molecule has 2 heteroatoms. The minimum absolute atomic E-state index is 0.0422. The zero-order valence-corrected chi connectivity index (χ0v) is 20.0. The molecule has 0 atom stereocenters. The van der Waals surface area contributed by atoms with Gasteiger partial charge in [0.15, 0.2) is 0 Å². The molecular formula is C26H52O2. The summed E-state index contributed by atoms with van der Waals surface area (Å²) in [4.78, 5) is 11.6. The first-order valence-electron chi connectivity index (χ1n) is 12.7. The number of carbonyl (C=O) groups is 1. The number of hydrogen-bond donors (Lipinski definition) is 0. The number of ether oxygens (including phenoxy) is 1. The summed E-state index contributed by atoms with van der Waals surface area (Å²) >= 11 is 0. The van der Waals surface area contributed by atoms with Gasteiger partial charge in [0.25, 0.3) is 0 Å². The summed E-state index contributed by atoms with van der Waals surface area (Å²) in [6.07, 6.45) is 26.8. The van der Waals surface area contributed by atoms with Crippen LogP contribution in [0.5, 0.6) is 0 Å². The first-order chi connectivity index (χ1) is 13.5. The number of hydrogen-bond acceptors (Lipinski definition) is 2. The third-order valence-corrected chi connectivity index (χ3v) is 5.40. The zero-order chi connectivity index (χ0) is 20.9. The second kappa shape index (κ2) is 19.8. The molecule has 0 aliphatic carbocycles. The standard InChI is InChI=1S/C26H52O2/c1-5-6-7-8-9-10-11-12-13-14-15-16-17-18-19-20-21-22-23-24-25(27)28-26(2,3)4/h5-24H2,1-4H3. The van der Waals surface area contributed by atoms with E-state index in [1.165, 1.54) is 109 Å². The first kappa shape index (κ1) is 27.5. The fourth-order valence-corrected chi connectivity index (χ4v) is 3.74. The van der Waals surface area contributed by atoms with Gasteiger partial charge in [-0.1, -0.05) is 122 Å². The van der Waals surface area contributed by atoms with Gasteiger partial charge in [0.1, 0.15) is 5.60 Å². The SMILES string of the molecule is CCCCCCCCCCCCCCCCCCCCCC(=O)OC(C)(C)C. The van der Waals surface area contributed by atoms with Gasteiger partial charge in [-0.25, -0.2) is 0 Å². The predicted molar refractivity (Wildman–Crippen MR) is 124 cm³/mol. The summed E-state index contributed by atoms with van der Waals surface area (Å²) in [7, 11) is 0. The zero-order valence-electron chi connectivity index (χ0n) is 20.0. The predicted octanol–water partition coefficient (Wildman–Crippen LogP) is 9.15. The fraction of sp³-hybridized carbons (Fsp3) is 0.962. The second-order valence-corrected chi connectivity index (χ2v) is 9.70. The van der Waals surface area contributed by atoms with E-state index < -0.39 is 0 Å². The normalized spacial score (nSPS) is 11.7. The van der Waals surface area contributed by atoms with Crippen molar-refractivity contribution in [2.75, 3.05) is 0 Å². The average molecular weight is 397 g/mol. The lowest BCUT2D eigenvalue weighted by atomic mass is 10.0. The monoisotopic (exact) mass is 396 g/mol. The first-order valence-corrected chi connectivity index (χ1v) is 12.7. The van der Waals surface area contributed by atoms with Gasteiger partial charge in [-0.05, 0) is 27.2 Å². The summed E-state index contributed by atoms with van der Waals surface area (Å²) in [6.45, 7) is 8.08. The van der Waals surface area contributed by atoms with Gasteiger partial charge in [0, 0.05) is 6.42 Å². The molecule has 0 aromatic carbocycles. The molecule has 0 aromatic rings. The Kier molecular flexibility index (Phi) is 19.4. The molecule has 2 nitrogen and oxygen atoms in total. The fourth-order valence-electron chi connectivity index (χ4n) is 3.74. The number of unbranched alkanes of at least 4 members (excludes halogenated alkanes) is 18. The molecule has 28 heavy (non-hydrogen) atoms. The molecule has 0 aromatic heterocycles. The maximum atomic E-state index is 11.6. The van der Waals surface area contributed by atoms with Gasteiger partial charge < -0.3 is 4.74 Å². The molecule has 0 fully saturated rings. The van der Waals surface area contributed by atoms with E-state index >= 15 is 0 Å². The van der Waals surface area contributed by atoms with E-state index in [0.29, 0.717) is 6.42 Å². The lowest BCUT2D eigenvalue weighted by molar-refractivity contribution is -0.154. The van der Waals surface area contributed by atoms with Crippen LogP contribution in [-0.4, -0.2) is 11.6 Å². The van der Waals surface area contributed by atoms with Gasteiger partial charge in [-0.2, -0.15) is 0 Å². The van der Waals surface area contributed by atoms with E-state index in [1.54, 1.807) is 0 Å². The Labute approximate surface area is 177 Å². The summed E-state index contributed by atoms with van der Waals surface area (Å²) in [5.41, 5.74) is -0.342. The quantitative estimate of drug-likeness (QED) is 0.151. The van der Waals surface area contributed by atoms with Crippen molar-refractivity contribution in [3.8, 4) is 0 Å². The number of esters is 1. The van der Waals surface area contributed by atoms with E-state index in [2.05, 4.69) is 6.92 Å². The van der Waals surface area contributed by atoms with Crippen molar-refractivity contribution in [2.24, 2.45) is 0 Å². The van der Waals surface area contributed by atoms with Crippen molar-refractivity contribution in [3.63, 3.8) is 0 Å². The Morgan fingerprint density at radius 2 is 0.821 bits per heavy atom. The van der Waals surface area contributed by atoms with Crippen molar-refractivity contribution < 1.29 is 9.53 Å². The molecule has 0 aliphatic heterocycles.